The smallest absolute Gasteiger partial charge is 0.258 e. The molecule has 2 amide bonds. The molecule has 0 saturated carbocycles. The average Bonchev–Trinajstić information content (AvgIpc) is 2.93. The highest BCUT2D eigenvalue weighted by Gasteiger charge is 2.18. The Kier molecular flexibility index (Phi) is 8.28. The molecule has 0 saturated heterocycles. The Bertz CT molecular complexity index is 1440. The van der Waals surface area contributed by atoms with Gasteiger partial charge in [0.15, 0.2) is 5.11 Å². The highest BCUT2D eigenvalue weighted by molar-refractivity contribution is 7.80. The van der Waals surface area contributed by atoms with Gasteiger partial charge in [0.05, 0.1) is 12.8 Å². The molecule has 0 unspecified atom stereocenters. The topological polar surface area (TPSA) is 70.7 Å². The van der Waals surface area contributed by atoms with E-state index in [2.05, 4.69) is 10.6 Å². The third kappa shape index (κ3) is 6.39. The highest BCUT2D eigenvalue weighted by atomic mass is 32.1. The summed E-state index contributed by atoms with van der Waals surface area (Å²) in [6, 6.07) is 28.3. The third-order valence-electron chi connectivity index (χ3n) is 5.79. The minimum Gasteiger partial charge on any atom is -0.497 e. The van der Waals surface area contributed by atoms with Gasteiger partial charge in [-0.05, 0) is 78.6 Å². The lowest BCUT2D eigenvalue weighted by Crippen LogP contribution is -2.33. The first-order valence-electron chi connectivity index (χ1n) is 11.8. The molecule has 4 aromatic carbocycles. The zero-order valence-electron chi connectivity index (χ0n) is 20.6. The summed E-state index contributed by atoms with van der Waals surface area (Å²) < 4.78 is 5.13. The van der Waals surface area contributed by atoms with E-state index >= 15 is 0 Å². The van der Waals surface area contributed by atoms with Crippen molar-refractivity contribution in [3.05, 3.63) is 108 Å². The van der Waals surface area contributed by atoms with Gasteiger partial charge in [0, 0.05) is 29.3 Å². The molecule has 4 rings (SSSR count). The molecule has 0 bridgehead atoms. The predicted molar refractivity (Wildman–Crippen MR) is 154 cm³/mol. The molecule has 0 aliphatic heterocycles. The molecule has 2 N–H and O–H groups in total. The maximum atomic E-state index is 13.3. The molecular weight excluding hydrogens is 482 g/mol. The van der Waals surface area contributed by atoms with Gasteiger partial charge in [-0.3, -0.25) is 14.9 Å². The predicted octanol–water partition coefficient (Wildman–Crippen LogP) is 6.04. The van der Waals surface area contributed by atoms with E-state index in [1.165, 1.54) is 6.08 Å². The first-order chi connectivity index (χ1) is 18.0. The number of anilines is 2. The fourth-order valence-corrected chi connectivity index (χ4v) is 4.14. The van der Waals surface area contributed by atoms with Crippen LogP contribution >= 0.6 is 12.2 Å². The monoisotopic (exact) mass is 509 g/mol. The molecule has 186 valence electrons. The zero-order valence-corrected chi connectivity index (χ0v) is 21.4. The van der Waals surface area contributed by atoms with Crippen molar-refractivity contribution < 1.29 is 14.3 Å². The first-order valence-corrected chi connectivity index (χ1v) is 12.2. The van der Waals surface area contributed by atoms with E-state index in [0.717, 1.165) is 27.8 Å². The molecule has 6 nitrogen and oxygen atoms in total. The Labute approximate surface area is 221 Å². The number of carbonyl (C=O) groups is 2. The van der Waals surface area contributed by atoms with Gasteiger partial charge < -0.3 is 15.0 Å². The number of hydrogen-bond donors (Lipinski definition) is 2. The summed E-state index contributed by atoms with van der Waals surface area (Å²) in [6.45, 7) is 2.49. The Morgan fingerprint density at radius 1 is 0.919 bits per heavy atom. The van der Waals surface area contributed by atoms with Crippen LogP contribution in [-0.2, 0) is 4.79 Å². The van der Waals surface area contributed by atoms with E-state index in [4.69, 9.17) is 17.0 Å². The standard InChI is InChI=1S/C30H27N3O3S/c1-3-33(27-10-6-8-22-7-4-5-9-26(22)27)29(35)23-14-16-24(17-15-23)31-30(37)32-28(34)20-13-21-11-18-25(36-2)19-12-21/h4-20H,3H2,1-2H3,(H2,31,32,34,37)/b20-13+. The number of nitrogens with zero attached hydrogens (tertiary/aromatic N) is 1. The lowest BCUT2D eigenvalue weighted by molar-refractivity contribution is -0.115. The van der Waals surface area contributed by atoms with E-state index in [1.807, 2.05) is 73.7 Å². The maximum absolute atomic E-state index is 13.3. The van der Waals surface area contributed by atoms with Crippen LogP contribution in [0.3, 0.4) is 0 Å². The second kappa shape index (κ2) is 12.0. The summed E-state index contributed by atoms with van der Waals surface area (Å²) in [7, 11) is 1.60. The van der Waals surface area contributed by atoms with Gasteiger partial charge in [-0.25, -0.2) is 0 Å². The van der Waals surface area contributed by atoms with E-state index in [0.29, 0.717) is 17.8 Å². The SMILES string of the molecule is CCN(C(=O)c1ccc(NC(=S)NC(=O)/C=C/c2ccc(OC)cc2)cc1)c1cccc2ccccc12. The largest absolute Gasteiger partial charge is 0.497 e. The molecule has 37 heavy (non-hydrogen) atoms. The summed E-state index contributed by atoms with van der Waals surface area (Å²) in [5, 5.41) is 7.87. The van der Waals surface area contributed by atoms with E-state index in [-0.39, 0.29) is 16.9 Å². The molecule has 0 aromatic heterocycles. The zero-order chi connectivity index (χ0) is 26.2. The van der Waals surface area contributed by atoms with Crippen LogP contribution in [0.15, 0.2) is 97.1 Å². The number of nitrogens with one attached hydrogen (secondary N) is 2. The molecule has 7 heteroatoms. The van der Waals surface area contributed by atoms with Crippen LogP contribution in [0.1, 0.15) is 22.8 Å². The van der Waals surface area contributed by atoms with Crippen molar-refractivity contribution in [2.45, 2.75) is 6.92 Å². The Balaban J connectivity index is 1.37. The minimum atomic E-state index is -0.353. The average molecular weight is 510 g/mol. The lowest BCUT2D eigenvalue weighted by atomic mass is 10.1. The second-order valence-corrected chi connectivity index (χ2v) is 8.58. The summed E-state index contributed by atoms with van der Waals surface area (Å²) in [6.07, 6.45) is 3.09. The minimum absolute atomic E-state index is 0.0926. The van der Waals surface area contributed by atoms with E-state index in [9.17, 15) is 9.59 Å². The van der Waals surface area contributed by atoms with Gasteiger partial charge in [0.1, 0.15) is 5.75 Å². The van der Waals surface area contributed by atoms with Crippen molar-refractivity contribution in [3.63, 3.8) is 0 Å². The number of hydrogen-bond acceptors (Lipinski definition) is 4. The van der Waals surface area contributed by atoms with Gasteiger partial charge in [-0.1, -0.05) is 48.5 Å². The summed E-state index contributed by atoms with van der Waals surface area (Å²) >= 11 is 5.26. The molecule has 0 radical (unpaired) electrons. The van der Waals surface area contributed by atoms with Crippen LogP contribution in [0, 0.1) is 0 Å². The summed E-state index contributed by atoms with van der Waals surface area (Å²) in [5.41, 5.74) is 2.95. The van der Waals surface area contributed by atoms with Gasteiger partial charge in [-0.15, -0.1) is 0 Å². The van der Waals surface area contributed by atoms with Gasteiger partial charge in [-0.2, -0.15) is 0 Å². The van der Waals surface area contributed by atoms with Crippen molar-refractivity contribution in [1.29, 1.82) is 0 Å². The number of fused-ring (bicyclic) bond motifs is 1. The quantitative estimate of drug-likeness (QED) is 0.235. The normalized spacial score (nSPS) is 10.8. The molecule has 0 fully saturated rings. The van der Waals surface area contributed by atoms with Crippen molar-refractivity contribution in [2.24, 2.45) is 0 Å². The fraction of sp³-hybridized carbons (Fsp3) is 0.100. The molecule has 0 spiro atoms. The summed E-state index contributed by atoms with van der Waals surface area (Å²) in [5.74, 6) is 0.300. The molecule has 0 aliphatic carbocycles. The van der Waals surface area contributed by atoms with Crippen LogP contribution in [0.5, 0.6) is 5.75 Å². The number of carbonyl (C=O) groups excluding carboxylic acids is 2. The summed E-state index contributed by atoms with van der Waals surface area (Å²) in [4.78, 5) is 27.3. The van der Waals surface area contributed by atoms with Crippen molar-refractivity contribution in [2.75, 3.05) is 23.9 Å². The van der Waals surface area contributed by atoms with E-state index in [1.54, 1.807) is 42.4 Å². The van der Waals surface area contributed by atoms with Crippen molar-refractivity contribution in [1.82, 2.24) is 5.32 Å². The highest BCUT2D eigenvalue weighted by Crippen LogP contribution is 2.28. The molecule has 4 aromatic rings. The van der Waals surface area contributed by atoms with Crippen molar-refractivity contribution >= 4 is 57.4 Å². The third-order valence-corrected chi connectivity index (χ3v) is 5.99. The molecule has 0 aliphatic rings. The van der Waals surface area contributed by atoms with Crippen LogP contribution in [0.25, 0.3) is 16.8 Å². The number of thiocarbonyl (C=S) groups is 1. The van der Waals surface area contributed by atoms with Crippen LogP contribution in [0.4, 0.5) is 11.4 Å². The Morgan fingerprint density at radius 2 is 1.62 bits per heavy atom. The van der Waals surface area contributed by atoms with Crippen LogP contribution < -0.4 is 20.3 Å². The number of methoxy groups -OCH3 is 1. The maximum Gasteiger partial charge on any atom is 0.258 e. The van der Waals surface area contributed by atoms with Gasteiger partial charge in [0.25, 0.3) is 5.91 Å². The Morgan fingerprint density at radius 3 is 2.32 bits per heavy atom. The number of benzene rings is 4. The Hall–Kier alpha value is -4.49. The molecule has 0 atom stereocenters. The first kappa shape index (κ1) is 25.6. The lowest BCUT2D eigenvalue weighted by Gasteiger charge is -2.23. The second-order valence-electron chi connectivity index (χ2n) is 8.17. The molecule has 0 heterocycles. The van der Waals surface area contributed by atoms with Gasteiger partial charge >= 0.3 is 0 Å². The van der Waals surface area contributed by atoms with Gasteiger partial charge in [0.2, 0.25) is 5.91 Å². The van der Waals surface area contributed by atoms with Crippen LogP contribution in [-0.4, -0.2) is 30.6 Å². The van der Waals surface area contributed by atoms with E-state index < -0.39 is 0 Å². The number of amides is 2. The number of rotatable bonds is 7. The molecular formula is C30H27N3O3S. The van der Waals surface area contributed by atoms with Crippen LogP contribution in [0.2, 0.25) is 0 Å². The number of ether oxygens (including phenoxy) is 1. The fourth-order valence-electron chi connectivity index (χ4n) is 3.92. The van der Waals surface area contributed by atoms with Crippen molar-refractivity contribution in [3.8, 4) is 5.75 Å².